The molecule has 0 N–H and O–H groups in total. The quantitative estimate of drug-likeness (QED) is 0.130. The Kier molecular flexibility index (Phi) is 12.3. The van der Waals surface area contributed by atoms with E-state index in [0.29, 0.717) is 5.56 Å². The number of benzene rings is 9. The van der Waals surface area contributed by atoms with E-state index in [1.54, 1.807) is 0 Å². The van der Waals surface area contributed by atoms with E-state index in [1.165, 1.54) is 11.1 Å². The number of nitrogens with zero attached hydrogens (tertiary/aromatic N) is 4. The second-order valence-corrected chi connectivity index (χ2v) is 20.3. The number of carbonyl (C=O) groups excluding carboxylic acids is 1. The van der Waals surface area contributed by atoms with Crippen molar-refractivity contribution >= 4 is 17.3 Å². The Morgan fingerprint density at radius 3 is 1.36 bits per heavy atom. The first-order valence-electron chi connectivity index (χ1n) is 26.4. The van der Waals surface area contributed by atoms with E-state index >= 15 is 4.79 Å². The molecule has 3 aromatic heterocycles. The molecule has 5 heteroatoms. The van der Waals surface area contributed by atoms with Crippen LogP contribution >= 0.6 is 0 Å². The first kappa shape index (κ1) is 47.6. The third kappa shape index (κ3) is 8.87. The molecule has 5 nitrogen and oxygen atoms in total. The minimum atomic E-state index is -0.290. The number of hydrogen-bond donors (Lipinski definition) is 0. The number of hydrogen-bond acceptors (Lipinski definition) is 4. The maximum Gasteiger partial charge on any atom is 0.262 e. The molecule has 1 aliphatic rings. The Bertz CT molecular complexity index is 4010. The lowest BCUT2D eigenvalue weighted by molar-refractivity contribution is 0.0999. The van der Waals surface area contributed by atoms with Crippen LogP contribution in [0.4, 0.5) is 11.4 Å². The minimum Gasteiger partial charge on any atom is -0.276 e. The maximum atomic E-state index is 16.5. The van der Waals surface area contributed by atoms with Gasteiger partial charge in [0.05, 0.1) is 22.8 Å². The van der Waals surface area contributed by atoms with Crippen molar-refractivity contribution in [2.24, 2.45) is 0 Å². The molecule has 0 unspecified atom stereocenters. The minimum absolute atomic E-state index is 0.153. The van der Waals surface area contributed by atoms with Gasteiger partial charge < -0.3 is 0 Å². The van der Waals surface area contributed by atoms with Crippen LogP contribution < -0.4 is 4.90 Å². The average molecular weight is 1000 g/mol. The summed E-state index contributed by atoms with van der Waals surface area (Å²) in [6, 6.07) is 90.4. The van der Waals surface area contributed by atoms with Gasteiger partial charge in [-0.05, 0) is 145 Å². The van der Waals surface area contributed by atoms with Crippen LogP contribution in [0.3, 0.4) is 0 Å². The fraction of sp³-hybridized carbons (Fsp3) is 0.0411. The van der Waals surface area contributed by atoms with Crippen molar-refractivity contribution in [3.8, 4) is 101 Å². The number of rotatable bonds is 11. The van der Waals surface area contributed by atoms with Gasteiger partial charge in [-0.2, -0.15) is 0 Å². The van der Waals surface area contributed by atoms with Gasteiger partial charge in [0.1, 0.15) is 0 Å². The van der Waals surface area contributed by atoms with E-state index in [0.717, 1.165) is 112 Å². The Morgan fingerprint density at radius 2 is 0.795 bits per heavy atom. The Morgan fingerprint density at radius 1 is 0.333 bits per heavy atom. The zero-order valence-corrected chi connectivity index (χ0v) is 43.3. The lowest BCUT2D eigenvalue weighted by atomic mass is 9.82. The van der Waals surface area contributed by atoms with Crippen LogP contribution in [0.5, 0.6) is 0 Å². The summed E-state index contributed by atoms with van der Waals surface area (Å²) < 4.78 is 0. The lowest BCUT2D eigenvalue weighted by Crippen LogP contribution is -2.27. The predicted octanol–water partition coefficient (Wildman–Crippen LogP) is 18.5. The zero-order valence-electron chi connectivity index (χ0n) is 43.3. The van der Waals surface area contributed by atoms with Crippen LogP contribution in [0.25, 0.3) is 101 Å². The van der Waals surface area contributed by atoms with Crippen molar-refractivity contribution in [1.29, 1.82) is 0 Å². The summed E-state index contributed by atoms with van der Waals surface area (Å²) in [5.74, 6) is -0.153. The van der Waals surface area contributed by atoms with Gasteiger partial charge in [-0.15, -0.1) is 0 Å². The van der Waals surface area contributed by atoms with Gasteiger partial charge in [0.15, 0.2) is 0 Å². The molecule has 0 atom stereocenters. The fourth-order valence-electron chi connectivity index (χ4n) is 11.3. The molecule has 9 aromatic carbocycles. The van der Waals surface area contributed by atoms with Crippen LogP contribution in [-0.4, -0.2) is 20.9 Å². The monoisotopic (exact) mass is 1000 g/mol. The molecule has 0 spiro atoms. The van der Waals surface area contributed by atoms with E-state index in [9.17, 15) is 0 Å². The van der Waals surface area contributed by atoms with Crippen molar-refractivity contribution in [3.05, 3.63) is 296 Å². The smallest absolute Gasteiger partial charge is 0.262 e. The average Bonchev–Trinajstić information content (AvgIpc) is 3.82. The molecule has 370 valence electrons. The maximum absolute atomic E-state index is 16.5. The standard InChI is InChI=1S/C73H52N4O/c1-73(2)65-24-11-10-23-64(65)71-66(73)25-16-28-70(71)77(59-39-37-54(38-40-59)69-48-55(41-44-76-69)49-17-4-3-5-18-49)72(78)58-46-56(62-21-8-6-19-60(62)50-29-33-52(34-30-50)67-26-12-14-42-74-67)45-57(47-58)63-22-9-7-20-61(63)51-31-35-53(36-32-51)68-27-13-15-43-75-68/h3-48H,1-2H3. The Hall–Kier alpha value is -10.1. The summed E-state index contributed by atoms with van der Waals surface area (Å²) in [5.41, 5.74) is 22.4. The van der Waals surface area contributed by atoms with Crippen molar-refractivity contribution < 1.29 is 4.79 Å². The van der Waals surface area contributed by atoms with Crippen molar-refractivity contribution in [2.45, 2.75) is 19.3 Å². The highest BCUT2D eigenvalue weighted by Crippen LogP contribution is 2.53. The third-order valence-electron chi connectivity index (χ3n) is 15.3. The molecule has 0 bridgehead atoms. The molecule has 1 amide bonds. The highest BCUT2D eigenvalue weighted by atomic mass is 16.2. The highest BCUT2D eigenvalue weighted by molar-refractivity contribution is 6.15. The van der Waals surface area contributed by atoms with E-state index < -0.39 is 0 Å². The normalized spacial score (nSPS) is 12.1. The summed E-state index contributed by atoms with van der Waals surface area (Å²) in [4.78, 5) is 32.5. The summed E-state index contributed by atoms with van der Waals surface area (Å²) in [7, 11) is 0. The van der Waals surface area contributed by atoms with Gasteiger partial charge in [0.25, 0.3) is 5.91 Å². The summed E-state index contributed by atoms with van der Waals surface area (Å²) in [6.45, 7) is 4.56. The van der Waals surface area contributed by atoms with Gasteiger partial charge in [0, 0.05) is 57.5 Å². The van der Waals surface area contributed by atoms with Crippen LogP contribution in [0.2, 0.25) is 0 Å². The van der Waals surface area contributed by atoms with Gasteiger partial charge >= 0.3 is 0 Å². The van der Waals surface area contributed by atoms with Crippen molar-refractivity contribution in [2.75, 3.05) is 4.90 Å². The first-order valence-corrected chi connectivity index (χ1v) is 26.4. The van der Waals surface area contributed by atoms with Gasteiger partial charge in [-0.25, -0.2) is 0 Å². The second-order valence-electron chi connectivity index (χ2n) is 20.3. The summed E-state index contributed by atoms with van der Waals surface area (Å²) in [5, 5.41) is 0. The molecular formula is C73H52N4O. The van der Waals surface area contributed by atoms with Gasteiger partial charge in [-0.3, -0.25) is 24.6 Å². The van der Waals surface area contributed by atoms with E-state index in [4.69, 9.17) is 4.98 Å². The molecule has 3 heterocycles. The SMILES string of the molecule is CC1(C)c2ccccc2-c2c(N(C(=O)c3cc(-c4ccccc4-c4ccc(-c5ccccn5)cc4)cc(-c4ccccc4-c4ccc(-c5ccccn5)cc4)c3)c3ccc(-c4cc(-c5ccccc5)ccn4)cc3)cccc21. The summed E-state index contributed by atoms with van der Waals surface area (Å²) >= 11 is 0. The van der Waals surface area contributed by atoms with E-state index in [2.05, 4.69) is 236 Å². The predicted molar refractivity (Wildman–Crippen MR) is 320 cm³/mol. The van der Waals surface area contributed by atoms with Crippen LogP contribution in [0.15, 0.2) is 279 Å². The van der Waals surface area contributed by atoms with Crippen molar-refractivity contribution in [3.63, 3.8) is 0 Å². The molecule has 0 aliphatic heterocycles. The second kappa shape index (κ2) is 20.2. The highest BCUT2D eigenvalue weighted by Gasteiger charge is 2.38. The molecule has 78 heavy (non-hydrogen) atoms. The number of aromatic nitrogens is 3. The lowest BCUT2D eigenvalue weighted by Gasteiger charge is -2.28. The van der Waals surface area contributed by atoms with Gasteiger partial charge in [-0.1, -0.05) is 202 Å². The zero-order chi connectivity index (χ0) is 52.6. The Labute approximate surface area is 455 Å². The molecule has 0 fully saturated rings. The largest absolute Gasteiger partial charge is 0.276 e. The number of pyridine rings is 3. The van der Waals surface area contributed by atoms with Crippen LogP contribution in [0.1, 0.15) is 35.3 Å². The summed E-state index contributed by atoms with van der Waals surface area (Å²) in [6.07, 6.45) is 5.51. The molecular weight excluding hydrogens is 949 g/mol. The van der Waals surface area contributed by atoms with E-state index in [1.807, 2.05) is 72.0 Å². The fourth-order valence-corrected chi connectivity index (χ4v) is 11.3. The van der Waals surface area contributed by atoms with Crippen LogP contribution in [-0.2, 0) is 5.41 Å². The Balaban J connectivity index is 0.989. The third-order valence-corrected chi connectivity index (χ3v) is 15.3. The molecule has 1 aliphatic carbocycles. The number of anilines is 2. The van der Waals surface area contributed by atoms with Crippen molar-refractivity contribution in [1.82, 2.24) is 15.0 Å². The number of amides is 1. The molecule has 0 saturated heterocycles. The number of fused-ring (bicyclic) bond motifs is 3. The molecule has 12 aromatic rings. The first-order chi connectivity index (χ1) is 38.4. The molecule has 0 radical (unpaired) electrons. The van der Waals surface area contributed by atoms with E-state index in [-0.39, 0.29) is 11.3 Å². The topological polar surface area (TPSA) is 59.0 Å². The molecule has 0 saturated carbocycles. The number of carbonyl (C=O) groups is 1. The van der Waals surface area contributed by atoms with Crippen LogP contribution in [0, 0.1) is 0 Å². The van der Waals surface area contributed by atoms with Gasteiger partial charge in [0.2, 0.25) is 0 Å². The molecule has 13 rings (SSSR count).